The summed E-state index contributed by atoms with van der Waals surface area (Å²) in [5.74, 6) is 4.84. The molecule has 0 heterocycles. The van der Waals surface area contributed by atoms with Crippen LogP contribution in [-0.4, -0.2) is 23.5 Å². The molecule has 3 amide bonds. The van der Waals surface area contributed by atoms with Gasteiger partial charge in [0.05, 0.1) is 0 Å². The predicted octanol–water partition coefficient (Wildman–Crippen LogP) is 0.608. The summed E-state index contributed by atoms with van der Waals surface area (Å²) in [5, 5.41) is 3.16. The van der Waals surface area contributed by atoms with Crippen molar-refractivity contribution in [2.45, 2.75) is 33.1 Å². The van der Waals surface area contributed by atoms with E-state index < -0.39 is 6.03 Å². The number of carbonyl (C=O) groups excluding carboxylic acids is 2. The molecule has 0 radical (unpaired) electrons. The van der Waals surface area contributed by atoms with Gasteiger partial charge in [-0.3, -0.25) is 4.79 Å². The molecule has 0 aromatic heterocycles. The highest BCUT2D eigenvalue weighted by atomic mass is 16.2. The zero-order valence-corrected chi connectivity index (χ0v) is 8.17. The van der Waals surface area contributed by atoms with Crippen LogP contribution in [0.1, 0.15) is 33.1 Å². The standard InChI is InChI=1S/C8H17N3O2/c1-3-5-6-10-8(13)11(9)7(12)4-2/h3-6,9H2,1-2H3,(H,10,13). The van der Waals surface area contributed by atoms with Gasteiger partial charge in [0.15, 0.2) is 0 Å². The lowest BCUT2D eigenvalue weighted by atomic mass is 10.3. The minimum Gasteiger partial charge on any atom is -0.336 e. The van der Waals surface area contributed by atoms with Crippen molar-refractivity contribution < 1.29 is 9.59 Å². The van der Waals surface area contributed by atoms with E-state index in [-0.39, 0.29) is 12.3 Å². The van der Waals surface area contributed by atoms with E-state index in [4.69, 9.17) is 5.84 Å². The van der Waals surface area contributed by atoms with E-state index in [9.17, 15) is 9.59 Å². The molecule has 0 aromatic carbocycles. The molecular formula is C8H17N3O2. The number of rotatable bonds is 4. The van der Waals surface area contributed by atoms with Gasteiger partial charge in [0.2, 0.25) is 5.91 Å². The van der Waals surface area contributed by atoms with E-state index in [1.54, 1.807) is 6.92 Å². The summed E-state index contributed by atoms with van der Waals surface area (Å²) >= 11 is 0. The van der Waals surface area contributed by atoms with Gasteiger partial charge in [-0.2, -0.15) is 5.01 Å². The van der Waals surface area contributed by atoms with Crippen LogP contribution in [0, 0.1) is 0 Å². The number of hydrazine groups is 1. The van der Waals surface area contributed by atoms with Crippen molar-refractivity contribution in [3.8, 4) is 0 Å². The Kier molecular flexibility index (Phi) is 5.88. The average molecular weight is 187 g/mol. The van der Waals surface area contributed by atoms with Crippen molar-refractivity contribution >= 4 is 11.9 Å². The first-order valence-corrected chi connectivity index (χ1v) is 4.48. The van der Waals surface area contributed by atoms with Crippen molar-refractivity contribution in [3.05, 3.63) is 0 Å². The second-order valence-corrected chi connectivity index (χ2v) is 2.70. The maximum Gasteiger partial charge on any atom is 0.338 e. The van der Waals surface area contributed by atoms with Crippen LogP contribution < -0.4 is 11.2 Å². The van der Waals surface area contributed by atoms with Crippen molar-refractivity contribution in [3.63, 3.8) is 0 Å². The van der Waals surface area contributed by atoms with Gasteiger partial charge in [0, 0.05) is 13.0 Å². The Balaban J connectivity index is 3.76. The Morgan fingerprint density at radius 2 is 2.00 bits per heavy atom. The zero-order valence-electron chi connectivity index (χ0n) is 8.17. The fourth-order valence-corrected chi connectivity index (χ4v) is 0.741. The molecule has 76 valence electrons. The minimum atomic E-state index is -0.527. The fraction of sp³-hybridized carbons (Fsp3) is 0.750. The fourth-order valence-electron chi connectivity index (χ4n) is 0.741. The molecule has 13 heavy (non-hydrogen) atoms. The maximum absolute atomic E-state index is 11.1. The maximum atomic E-state index is 11.1. The van der Waals surface area contributed by atoms with Gasteiger partial charge in [-0.1, -0.05) is 20.3 Å². The number of nitrogens with zero attached hydrogens (tertiary/aromatic N) is 1. The second kappa shape index (κ2) is 6.42. The van der Waals surface area contributed by atoms with Gasteiger partial charge in [0.25, 0.3) is 0 Å². The van der Waals surface area contributed by atoms with Gasteiger partial charge in [-0.05, 0) is 6.42 Å². The second-order valence-electron chi connectivity index (χ2n) is 2.70. The quantitative estimate of drug-likeness (QED) is 0.293. The van der Waals surface area contributed by atoms with Crippen LogP contribution in [0.4, 0.5) is 4.79 Å². The van der Waals surface area contributed by atoms with Gasteiger partial charge in [-0.15, -0.1) is 0 Å². The van der Waals surface area contributed by atoms with Crippen LogP contribution >= 0.6 is 0 Å². The summed E-state index contributed by atoms with van der Waals surface area (Å²) in [6.45, 7) is 4.23. The van der Waals surface area contributed by atoms with Gasteiger partial charge < -0.3 is 5.32 Å². The summed E-state index contributed by atoms with van der Waals surface area (Å²) in [6, 6.07) is -0.527. The highest BCUT2D eigenvalue weighted by Gasteiger charge is 2.14. The molecule has 5 heteroatoms. The molecular weight excluding hydrogens is 170 g/mol. The lowest BCUT2D eigenvalue weighted by Gasteiger charge is -2.14. The van der Waals surface area contributed by atoms with Crippen LogP contribution in [0.5, 0.6) is 0 Å². The SMILES string of the molecule is CCCCNC(=O)N(N)C(=O)CC. The Morgan fingerprint density at radius 1 is 1.38 bits per heavy atom. The summed E-state index contributed by atoms with van der Waals surface area (Å²) in [5.41, 5.74) is 0. The zero-order chi connectivity index (χ0) is 10.3. The summed E-state index contributed by atoms with van der Waals surface area (Å²) in [6.07, 6.45) is 2.12. The lowest BCUT2D eigenvalue weighted by molar-refractivity contribution is -0.128. The Morgan fingerprint density at radius 3 is 2.46 bits per heavy atom. The topological polar surface area (TPSA) is 75.4 Å². The predicted molar refractivity (Wildman–Crippen MR) is 49.6 cm³/mol. The van der Waals surface area contributed by atoms with E-state index in [0.717, 1.165) is 12.8 Å². The van der Waals surface area contributed by atoms with E-state index in [0.29, 0.717) is 11.6 Å². The molecule has 0 aliphatic heterocycles. The highest BCUT2D eigenvalue weighted by molar-refractivity contribution is 5.93. The number of hydrogen-bond donors (Lipinski definition) is 2. The summed E-state index contributed by atoms with van der Waals surface area (Å²) in [7, 11) is 0. The molecule has 0 aliphatic carbocycles. The third-order valence-corrected chi connectivity index (χ3v) is 1.60. The Bertz CT molecular complexity index is 182. The first-order valence-electron chi connectivity index (χ1n) is 4.48. The number of unbranched alkanes of at least 4 members (excludes halogenated alkanes) is 1. The van der Waals surface area contributed by atoms with Gasteiger partial charge >= 0.3 is 6.03 Å². The first kappa shape index (κ1) is 11.9. The molecule has 0 fully saturated rings. The van der Waals surface area contributed by atoms with Crippen molar-refractivity contribution in [2.75, 3.05) is 6.54 Å². The van der Waals surface area contributed by atoms with Crippen LogP contribution in [0.15, 0.2) is 0 Å². The Hall–Kier alpha value is -1.10. The lowest BCUT2D eigenvalue weighted by Crippen LogP contribution is -2.48. The van der Waals surface area contributed by atoms with E-state index in [1.165, 1.54) is 0 Å². The number of nitrogens with two attached hydrogens (primary N) is 1. The average Bonchev–Trinajstić information content (AvgIpc) is 2.15. The van der Waals surface area contributed by atoms with E-state index in [2.05, 4.69) is 5.32 Å². The van der Waals surface area contributed by atoms with Crippen LogP contribution in [0.2, 0.25) is 0 Å². The molecule has 0 unspecified atom stereocenters. The number of amides is 3. The van der Waals surface area contributed by atoms with Gasteiger partial charge in [-0.25, -0.2) is 10.6 Å². The number of hydrogen-bond acceptors (Lipinski definition) is 3. The first-order chi connectivity index (χ1) is 6.13. The molecule has 0 saturated carbocycles. The molecule has 5 nitrogen and oxygen atoms in total. The van der Waals surface area contributed by atoms with Crippen molar-refractivity contribution in [1.29, 1.82) is 0 Å². The Labute approximate surface area is 78.2 Å². The number of urea groups is 1. The largest absolute Gasteiger partial charge is 0.338 e. The summed E-state index contributed by atoms with van der Waals surface area (Å²) < 4.78 is 0. The monoisotopic (exact) mass is 187 g/mol. The van der Waals surface area contributed by atoms with Crippen molar-refractivity contribution in [1.82, 2.24) is 10.3 Å². The van der Waals surface area contributed by atoms with Crippen LogP contribution in [0.25, 0.3) is 0 Å². The molecule has 0 aliphatic rings. The molecule has 0 atom stereocenters. The van der Waals surface area contributed by atoms with Crippen LogP contribution in [-0.2, 0) is 4.79 Å². The third kappa shape index (κ3) is 4.47. The molecule has 0 saturated heterocycles. The van der Waals surface area contributed by atoms with E-state index >= 15 is 0 Å². The molecule has 0 bridgehead atoms. The van der Waals surface area contributed by atoms with Crippen LogP contribution in [0.3, 0.4) is 0 Å². The number of carbonyl (C=O) groups is 2. The third-order valence-electron chi connectivity index (χ3n) is 1.60. The van der Waals surface area contributed by atoms with Gasteiger partial charge in [0.1, 0.15) is 0 Å². The smallest absolute Gasteiger partial charge is 0.336 e. The molecule has 0 aromatic rings. The number of imide groups is 1. The highest BCUT2D eigenvalue weighted by Crippen LogP contribution is 1.88. The normalized spacial score (nSPS) is 9.46. The summed E-state index contributed by atoms with van der Waals surface area (Å²) in [4.78, 5) is 22.0. The molecule has 0 rings (SSSR count). The van der Waals surface area contributed by atoms with E-state index in [1.807, 2.05) is 6.92 Å². The van der Waals surface area contributed by atoms with Crippen molar-refractivity contribution in [2.24, 2.45) is 5.84 Å². The molecule has 3 N–H and O–H groups in total. The number of nitrogens with one attached hydrogen (secondary N) is 1. The minimum absolute atomic E-state index is 0.234. The molecule has 0 spiro atoms.